The van der Waals surface area contributed by atoms with Gasteiger partial charge < -0.3 is 49.6 Å². The van der Waals surface area contributed by atoms with Crippen LogP contribution in [0.15, 0.2) is 24.3 Å². The number of methoxy groups -OCH3 is 2. The van der Waals surface area contributed by atoms with Gasteiger partial charge in [-0.2, -0.15) is 0 Å². The Balaban J connectivity index is 1.88. The van der Waals surface area contributed by atoms with Crippen LogP contribution < -0.4 is 9.47 Å². The third-order valence-corrected chi connectivity index (χ3v) is 8.63. The Morgan fingerprint density at radius 1 is 0.750 bits per heavy atom. The molecule has 0 aliphatic carbocycles. The summed E-state index contributed by atoms with van der Waals surface area (Å²) in [5.74, 6) is -11.3. The SMILES string of the molecule is COC(=O)[C@@]1([C@H](O)[C@@H](C)CC(=O)O)CC(=O)c2c(ccc(-c3ccc(O)c4c3O[C@](C(=O)OC)([C@H](O)[C@@H](C)CC(=O)O)CC4=O)c2O)O1. The van der Waals surface area contributed by atoms with Crippen molar-refractivity contribution in [1.82, 2.24) is 0 Å². The standard InChI is InChI=1S/C32H34O16/c1-13(9-21(36)37)27(41)31(29(43)45-3)12-19(35)24-20(47-31)8-6-15(25(24)40)16-5-7-17(33)23-18(34)11-32(30(44)46-4,48-26(16)23)28(42)14(2)10-22(38)39/h5-8,13-14,27-28,33,40-42H,9-12H2,1-4H3,(H,36,37)(H,38,39)/t13-,14-,27+,28+,31-,32-/m0/s1. The lowest BCUT2D eigenvalue weighted by Gasteiger charge is -2.41. The number of ketones is 2. The van der Waals surface area contributed by atoms with Crippen LogP contribution in [0.5, 0.6) is 23.0 Å². The zero-order valence-electron chi connectivity index (χ0n) is 26.2. The molecule has 2 aliphatic rings. The molecule has 48 heavy (non-hydrogen) atoms. The second-order valence-electron chi connectivity index (χ2n) is 11.9. The minimum Gasteiger partial charge on any atom is -0.507 e. The first-order valence-corrected chi connectivity index (χ1v) is 14.6. The molecule has 2 aliphatic heterocycles. The number of carboxylic acids is 2. The van der Waals surface area contributed by atoms with E-state index in [1.165, 1.54) is 26.0 Å². The number of ether oxygens (including phenoxy) is 4. The van der Waals surface area contributed by atoms with Crippen molar-refractivity contribution in [2.45, 2.75) is 62.9 Å². The van der Waals surface area contributed by atoms with Crippen LogP contribution in [0.25, 0.3) is 11.1 Å². The molecule has 0 unspecified atom stereocenters. The van der Waals surface area contributed by atoms with Gasteiger partial charge in [0.1, 0.15) is 46.3 Å². The van der Waals surface area contributed by atoms with Gasteiger partial charge >= 0.3 is 23.9 Å². The normalized spacial score (nSPS) is 22.5. The monoisotopic (exact) mass is 674 g/mol. The third kappa shape index (κ3) is 5.88. The molecular weight excluding hydrogens is 640 g/mol. The molecule has 16 heteroatoms. The molecule has 0 spiro atoms. The van der Waals surface area contributed by atoms with E-state index < -0.39 is 125 Å². The highest BCUT2D eigenvalue weighted by Crippen LogP contribution is 2.51. The van der Waals surface area contributed by atoms with Gasteiger partial charge in [-0.15, -0.1) is 0 Å². The van der Waals surface area contributed by atoms with Gasteiger partial charge in [0.15, 0.2) is 11.6 Å². The van der Waals surface area contributed by atoms with Crippen molar-refractivity contribution in [2.24, 2.45) is 11.8 Å². The Morgan fingerprint density at radius 3 is 1.69 bits per heavy atom. The van der Waals surface area contributed by atoms with Gasteiger partial charge in [0, 0.05) is 11.1 Å². The maximum absolute atomic E-state index is 13.6. The summed E-state index contributed by atoms with van der Waals surface area (Å²) >= 11 is 0. The number of phenolic OH excluding ortho intramolecular Hbond substituents is 2. The first-order chi connectivity index (χ1) is 22.4. The van der Waals surface area contributed by atoms with Gasteiger partial charge in [-0.05, 0) is 36.1 Å². The van der Waals surface area contributed by atoms with E-state index >= 15 is 0 Å². The Bertz CT molecular complexity index is 1700. The first-order valence-electron chi connectivity index (χ1n) is 14.6. The number of aliphatic carboxylic acids is 2. The van der Waals surface area contributed by atoms with Crippen molar-refractivity contribution in [3.63, 3.8) is 0 Å². The highest BCUT2D eigenvalue weighted by molar-refractivity contribution is 6.10. The number of esters is 2. The molecule has 0 radical (unpaired) electrons. The summed E-state index contributed by atoms with van der Waals surface area (Å²) in [6.45, 7) is 2.64. The lowest BCUT2D eigenvalue weighted by atomic mass is 9.78. The maximum atomic E-state index is 13.6. The molecule has 2 aromatic rings. The minimum atomic E-state index is -2.48. The smallest absolute Gasteiger partial charge is 0.353 e. The molecule has 6 N–H and O–H groups in total. The predicted octanol–water partition coefficient (Wildman–Crippen LogP) is 1.46. The number of Topliss-reactive ketones (excluding diaryl/α,β-unsaturated/α-hetero) is 2. The number of aliphatic hydroxyl groups excluding tert-OH is 2. The summed E-state index contributed by atoms with van der Waals surface area (Å²) in [6.07, 6.45) is -6.70. The topological polar surface area (TPSA) is 261 Å². The Kier molecular flexibility index (Phi) is 9.74. The number of phenols is 2. The van der Waals surface area contributed by atoms with Crippen molar-refractivity contribution < 1.29 is 78.4 Å². The van der Waals surface area contributed by atoms with Crippen molar-refractivity contribution in [3.8, 4) is 34.1 Å². The summed E-state index contributed by atoms with van der Waals surface area (Å²) in [5, 5.41) is 62.8. The van der Waals surface area contributed by atoms with Gasteiger partial charge in [-0.3, -0.25) is 19.2 Å². The highest BCUT2D eigenvalue weighted by atomic mass is 16.6. The van der Waals surface area contributed by atoms with Gasteiger partial charge in [-0.1, -0.05) is 13.8 Å². The predicted molar refractivity (Wildman–Crippen MR) is 159 cm³/mol. The van der Waals surface area contributed by atoms with E-state index in [9.17, 15) is 59.4 Å². The number of carboxylic acid groups (broad SMARTS) is 2. The second kappa shape index (κ2) is 13.1. The van der Waals surface area contributed by atoms with Crippen LogP contribution in [0.3, 0.4) is 0 Å². The van der Waals surface area contributed by atoms with Crippen LogP contribution in [-0.4, -0.2) is 104 Å². The molecule has 16 nitrogen and oxygen atoms in total. The van der Waals surface area contributed by atoms with Crippen LogP contribution in [0.4, 0.5) is 0 Å². The van der Waals surface area contributed by atoms with E-state index in [1.807, 2.05) is 0 Å². The summed E-state index contributed by atoms with van der Waals surface area (Å²) < 4.78 is 21.5. The molecule has 0 bridgehead atoms. The van der Waals surface area contributed by atoms with Crippen LogP contribution in [-0.2, 0) is 28.7 Å². The van der Waals surface area contributed by atoms with Gasteiger partial charge in [-0.25, -0.2) is 9.59 Å². The van der Waals surface area contributed by atoms with Crippen LogP contribution in [0.2, 0.25) is 0 Å². The zero-order valence-corrected chi connectivity index (χ0v) is 26.2. The van der Waals surface area contributed by atoms with E-state index in [4.69, 9.17) is 18.9 Å². The zero-order chi connectivity index (χ0) is 35.9. The molecule has 4 rings (SSSR count). The van der Waals surface area contributed by atoms with Crippen molar-refractivity contribution in [1.29, 1.82) is 0 Å². The van der Waals surface area contributed by atoms with Crippen molar-refractivity contribution >= 4 is 35.4 Å². The fraction of sp³-hybridized carbons (Fsp3) is 0.438. The minimum absolute atomic E-state index is 0.157. The van der Waals surface area contributed by atoms with Crippen molar-refractivity contribution in [3.05, 3.63) is 35.4 Å². The molecule has 0 aromatic heterocycles. The number of aliphatic hydroxyl groups is 2. The lowest BCUT2D eigenvalue weighted by Crippen LogP contribution is -2.60. The number of aromatic hydroxyl groups is 2. The van der Waals surface area contributed by atoms with Crippen LogP contribution in [0, 0.1) is 11.8 Å². The molecule has 0 saturated heterocycles. The highest BCUT2D eigenvalue weighted by Gasteiger charge is 2.58. The number of benzene rings is 2. The van der Waals surface area contributed by atoms with Gasteiger partial charge in [0.25, 0.3) is 0 Å². The first kappa shape index (κ1) is 35.6. The largest absolute Gasteiger partial charge is 0.507 e. The summed E-state index contributed by atoms with van der Waals surface area (Å²) in [4.78, 5) is 75.8. The number of rotatable bonds is 11. The number of fused-ring (bicyclic) bond motifs is 2. The Hall–Kier alpha value is -5.22. The maximum Gasteiger partial charge on any atom is 0.353 e. The summed E-state index contributed by atoms with van der Waals surface area (Å²) in [5.41, 5.74) is -6.13. The fourth-order valence-corrected chi connectivity index (χ4v) is 6.25. The lowest BCUT2D eigenvalue weighted by molar-refractivity contribution is -0.176. The summed E-state index contributed by atoms with van der Waals surface area (Å²) in [7, 11) is 1.94. The fourth-order valence-electron chi connectivity index (χ4n) is 6.25. The average Bonchev–Trinajstić information content (AvgIpc) is 3.02. The number of carbonyl (C=O) groups excluding carboxylic acids is 4. The second-order valence-corrected chi connectivity index (χ2v) is 11.9. The number of carbonyl (C=O) groups is 6. The molecule has 258 valence electrons. The number of hydrogen-bond donors (Lipinski definition) is 6. The Labute approximate surface area is 272 Å². The summed E-state index contributed by atoms with van der Waals surface area (Å²) in [6, 6.07) is 4.60. The van der Waals surface area contributed by atoms with Gasteiger partial charge in [0.2, 0.25) is 11.2 Å². The van der Waals surface area contributed by atoms with Gasteiger partial charge in [0.05, 0.1) is 39.9 Å². The third-order valence-electron chi connectivity index (χ3n) is 8.63. The quantitative estimate of drug-likeness (QED) is 0.184. The molecule has 0 fully saturated rings. The van der Waals surface area contributed by atoms with E-state index in [1.54, 1.807) is 0 Å². The molecule has 2 heterocycles. The molecule has 0 amide bonds. The van der Waals surface area contributed by atoms with E-state index in [0.29, 0.717) is 0 Å². The molecular formula is C32H34O16. The molecule has 6 atom stereocenters. The van der Waals surface area contributed by atoms with E-state index in [2.05, 4.69) is 0 Å². The number of hydrogen-bond acceptors (Lipinski definition) is 14. The van der Waals surface area contributed by atoms with E-state index in [-0.39, 0.29) is 16.9 Å². The van der Waals surface area contributed by atoms with Crippen LogP contribution >= 0.6 is 0 Å². The molecule has 0 saturated carbocycles. The molecule has 2 aromatic carbocycles. The van der Waals surface area contributed by atoms with Crippen molar-refractivity contribution in [2.75, 3.05) is 14.2 Å². The average molecular weight is 675 g/mol. The van der Waals surface area contributed by atoms with Crippen LogP contribution in [0.1, 0.15) is 60.2 Å². The Morgan fingerprint density at radius 2 is 1.21 bits per heavy atom. The van der Waals surface area contributed by atoms with E-state index in [0.717, 1.165) is 26.4 Å².